The number of fused-ring (bicyclic) bond motifs is 2. The lowest BCUT2D eigenvalue weighted by atomic mass is 9.85. The van der Waals surface area contributed by atoms with Gasteiger partial charge in [-0.3, -0.25) is 9.59 Å². The van der Waals surface area contributed by atoms with Crippen LogP contribution in [0, 0.1) is 17.3 Å². The molecule has 1 aliphatic heterocycles. The number of hydrogen-bond acceptors (Lipinski definition) is 9. The molecule has 5 N–H and O–H groups in total. The molecule has 1 aromatic carbocycles. The topological polar surface area (TPSA) is 172 Å². The van der Waals surface area contributed by atoms with Crippen LogP contribution in [-0.2, 0) is 14.3 Å². The molecule has 3 fully saturated rings. The second kappa shape index (κ2) is 13.0. The van der Waals surface area contributed by atoms with Gasteiger partial charge in [0.1, 0.15) is 35.8 Å². The summed E-state index contributed by atoms with van der Waals surface area (Å²) >= 11 is 6.75. The number of carbonyl (C=O) groups is 3. The van der Waals surface area contributed by atoms with Gasteiger partial charge in [0.15, 0.2) is 10.7 Å². The quantitative estimate of drug-likeness (QED) is 0.277. The first kappa shape index (κ1) is 33.6. The number of benzene rings is 1. The maximum absolute atomic E-state index is 14.1. The molecule has 48 heavy (non-hydrogen) atoms. The van der Waals surface area contributed by atoms with Gasteiger partial charge in [-0.05, 0) is 62.5 Å². The molecule has 6 atom stereocenters. The molecule has 3 amide bonds. The van der Waals surface area contributed by atoms with Crippen molar-refractivity contribution in [2.75, 3.05) is 19.0 Å². The highest BCUT2D eigenvalue weighted by molar-refractivity contribution is 6.36. The van der Waals surface area contributed by atoms with E-state index in [0.717, 1.165) is 12.8 Å². The summed E-state index contributed by atoms with van der Waals surface area (Å²) in [4.78, 5) is 44.5. The molecule has 0 spiro atoms. The number of aromatic nitrogens is 2. The van der Waals surface area contributed by atoms with Crippen molar-refractivity contribution < 1.29 is 38.1 Å². The van der Waals surface area contributed by atoms with E-state index in [1.54, 1.807) is 18.2 Å². The van der Waals surface area contributed by atoms with Crippen molar-refractivity contribution in [2.45, 2.75) is 90.6 Å². The van der Waals surface area contributed by atoms with E-state index in [-0.39, 0.29) is 25.1 Å². The Bertz CT molecular complexity index is 1710. The average molecular weight is 684 g/mol. The first-order valence-corrected chi connectivity index (χ1v) is 16.8. The summed E-state index contributed by atoms with van der Waals surface area (Å²) in [6.07, 6.45) is 1.69. The molecule has 0 radical (unpaired) electrons. The standard InChI is InChI=1S/C34H43ClN6O7/c1-16(2)37-27-14-23(40-48-27)22-13-26(21-7-8-25(45-6)28(35)29(21)38-22)46-20-12-24(31(36)42)41(15-20)32(43)30(34(3,4)5)39-33(44)47-19-10-17-9-18(17)11-19/h7-8,13-14,16-20,24,30,37H,9-12,15H2,1-6H3,(H2,36,42)(H,39,44)/p+1/t17-,18+,19?,20?,24?,30-/m1/s1. The first-order chi connectivity index (χ1) is 22.7. The Morgan fingerprint density at radius 3 is 2.46 bits per heavy atom. The summed E-state index contributed by atoms with van der Waals surface area (Å²) < 4.78 is 23.2. The predicted molar refractivity (Wildman–Crippen MR) is 178 cm³/mol. The molecule has 3 aliphatic rings. The van der Waals surface area contributed by atoms with E-state index >= 15 is 0 Å². The first-order valence-electron chi connectivity index (χ1n) is 16.4. The Kier molecular flexibility index (Phi) is 9.10. The van der Waals surface area contributed by atoms with Gasteiger partial charge in [0.2, 0.25) is 28.9 Å². The molecule has 6 rings (SSSR count). The Balaban J connectivity index is 1.26. The Morgan fingerprint density at radius 2 is 1.81 bits per heavy atom. The average Bonchev–Trinajstić information content (AvgIpc) is 3.35. The van der Waals surface area contributed by atoms with E-state index in [0.29, 0.717) is 56.5 Å². The van der Waals surface area contributed by atoms with E-state index < -0.39 is 41.5 Å². The van der Waals surface area contributed by atoms with Crippen LogP contribution in [0.15, 0.2) is 28.8 Å². The molecule has 2 saturated carbocycles. The summed E-state index contributed by atoms with van der Waals surface area (Å²) in [6, 6.07) is 5.29. The van der Waals surface area contributed by atoms with Crippen LogP contribution in [-0.4, -0.2) is 72.0 Å². The highest BCUT2D eigenvalue weighted by Crippen LogP contribution is 2.52. The largest absolute Gasteiger partial charge is 0.495 e. The number of rotatable bonds is 10. The predicted octanol–water partition coefficient (Wildman–Crippen LogP) is 4.56. The van der Waals surface area contributed by atoms with E-state index in [4.69, 9.17) is 36.1 Å². The van der Waals surface area contributed by atoms with Crippen LogP contribution in [0.25, 0.3) is 22.3 Å². The number of nitrogens with zero attached hydrogens (tertiary/aromatic N) is 2. The fraction of sp³-hybridized carbons (Fsp3) is 0.559. The SMILES string of the molecule is COc1ccc2c(OC3CC(C(N)=O)N(C(=O)[C@@H](NC(=O)OC4C[C@@H]5C[C@@H]5C4)C(C)(C)C)C3)cc(-c3cc(NC(C)C)on3)[nH+]c2c1Cl. The van der Waals surface area contributed by atoms with E-state index in [2.05, 4.69) is 20.8 Å². The van der Waals surface area contributed by atoms with Crippen molar-refractivity contribution in [3.8, 4) is 22.9 Å². The lowest BCUT2D eigenvalue weighted by Gasteiger charge is -2.35. The fourth-order valence-corrected chi connectivity index (χ4v) is 7.15. The van der Waals surface area contributed by atoms with Crippen molar-refractivity contribution in [1.29, 1.82) is 0 Å². The summed E-state index contributed by atoms with van der Waals surface area (Å²) in [5, 5.41) is 11.2. The Morgan fingerprint density at radius 1 is 1.08 bits per heavy atom. The summed E-state index contributed by atoms with van der Waals surface area (Å²) in [5.41, 5.74) is 6.75. The maximum atomic E-state index is 14.1. The number of halogens is 1. The molecule has 13 nitrogen and oxygen atoms in total. The normalized spacial score (nSPS) is 23.9. The van der Waals surface area contributed by atoms with Crippen molar-refractivity contribution >= 4 is 46.3 Å². The van der Waals surface area contributed by atoms with Gasteiger partial charge < -0.3 is 40.0 Å². The fourth-order valence-electron chi connectivity index (χ4n) is 6.86. The van der Waals surface area contributed by atoms with Crippen LogP contribution < -0.4 is 30.8 Å². The van der Waals surface area contributed by atoms with Crippen LogP contribution in [0.2, 0.25) is 5.02 Å². The number of aromatic amines is 1. The van der Waals surface area contributed by atoms with E-state index in [1.165, 1.54) is 18.4 Å². The van der Waals surface area contributed by atoms with Crippen molar-refractivity contribution in [2.24, 2.45) is 23.0 Å². The number of hydrogen-bond donors (Lipinski definition) is 3. The van der Waals surface area contributed by atoms with Crippen LogP contribution in [0.1, 0.15) is 60.3 Å². The molecular weight excluding hydrogens is 640 g/mol. The number of likely N-dealkylation sites (tertiary alicyclic amines) is 1. The number of nitrogens with one attached hydrogen (secondary N) is 3. The third kappa shape index (κ3) is 6.96. The molecule has 3 heterocycles. The number of methoxy groups -OCH3 is 1. The zero-order valence-electron chi connectivity index (χ0n) is 28.1. The molecule has 3 aromatic rings. The van der Waals surface area contributed by atoms with Crippen LogP contribution in [0.3, 0.4) is 0 Å². The van der Waals surface area contributed by atoms with Gasteiger partial charge in [0, 0.05) is 18.5 Å². The smallest absolute Gasteiger partial charge is 0.408 e. The number of anilines is 1. The van der Waals surface area contributed by atoms with E-state index in [9.17, 15) is 14.4 Å². The number of primary amides is 1. The van der Waals surface area contributed by atoms with Crippen LogP contribution in [0.5, 0.6) is 11.5 Å². The summed E-state index contributed by atoms with van der Waals surface area (Å²) in [6.45, 7) is 9.59. The minimum absolute atomic E-state index is 0.0630. The Hall–Kier alpha value is -4.26. The number of ether oxygens (including phenoxy) is 3. The third-order valence-electron chi connectivity index (χ3n) is 9.36. The van der Waals surface area contributed by atoms with Gasteiger partial charge in [0.25, 0.3) is 0 Å². The van der Waals surface area contributed by atoms with Gasteiger partial charge in [0.05, 0.1) is 25.1 Å². The number of nitrogens with two attached hydrogens (primary N) is 1. The maximum Gasteiger partial charge on any atom is 0.408 e. The molecule has 2 aliphatic carbocycles. The molecule has 3 unspecified atom stereocenters. The van der Waals surface area contributed by atoms with E-state index in [1.807, 2.05) is 40.7 Å². The Labute approximate surface area is 284 Å². The second-order valence-electron chi connectivity index (χ2n) is 14.5. The van der Waals surface area contributed by atoms with Crippen molar-refractivity contribution in [1.82, 2.24) is 15.4 Å². The zero-order chi connectivity index (χ0) is 34.5. The molecule has 258 valence electrons. The van der Waals surface area contributed by atoms with Gasteiger partial charge in [-0.15, -0.1) is 0 Å². The number of amides is 3. The van der Waals surface area contributed by atoms with Crippen molar-refractivity contribution in [3.05, 3.63) is 29.3 Å². The van der Waals surface area contributed by atoms with Crippen LogP contribution in [0.4, 0.5) is 10.7 Å². The number of carbonyl (C=O) groups excluding carboxylic acids is 3. The zero-order valence-corrected chi connectivity index (χ0v) is 28.8. The van der Waals surface area contributed by atoms with Crippen LogP contribution >= 0.6 is 11.6 Å². The molecule has 2 aromatic heterocycles. The monoisotopic (exact) mass is 683 g/mol. The number of alkyl carbamates (subject to hydrolysis) is 1. The number of pyridine rings is 1. The van der Waals surface area contributed by atoms with Gasteiger partial charge in [-0.2, -0.15) is 0 Å². The van der Waals surface area contributed by atoms with Crippen molar-refractivity contribution in [3.63, 3.8) is 0 Å². The second-order valence-corrected chi connectivity index (χ2v) is 14.9. The molecule has 0 bridgehead atoms. The number of H-pyrrole nitrogens is 1. The molecular formula is C34H44ClN6O7+. The molecule has 1 saturated heterocycles. The lowest BCUT2D eigenvalue weighted by molar-refractivity contribution is -0.331. The minimum atomic E-state index is -0.965. The molecule has 14 heteroatoms. The van der Waals surface area contributed by atoms with Gasteiger partial charge in [-0.25, -0.2) is 9.78 Å². The van der Waals surface area contributed by atoms with Gasteiger partial charge >= 0.3 is 6.09 Å². The highest BCUT2D eigenvalue weighted by Gasteiger charge is 2.48. The highest BCUT2D eigenvalue weighted by atomic mass is 35.5. The third-order valence-corrected chi connectivity index (χ3v) is 9.74. The van der Waals surface area contributed by atoms with Gasteiger partial charge in [-0.1, -0.05) is 37.5 Å². The summed E-state index contributed by atoms with van der Waals surface area (Å²) in [5.74, 6) is 1.58. The lowest BCUT2D eigenvalue weighted by Crippen LogP contribution is -2.57. The summed E-state index contributed by atoms with van der Waals surface area (Å²) in [7, 11) is 1.53. The minimum Gasteiger partial charge on any atom is -0.495 e.